The fourth-order valence-electron chi connectivity index (χ4n) is 3.40. The molecule has 0 aliphatic carbocycles. The van der Waals surface area contributed by atoms with E-state index in [2.05, 4.69) is 15.6 Å². The van der Waals surface area contributed by atoms with Crippen molar-refractivity contribution in [1.82, 2.24) is 14.9 Å². The van der Waals surface area contributed by atoms with Crippen molar-refractivity contribution >= 4 is 51.0 Å². The van der Waals surface area contributed by atoms with E-state index in [9.17, 15) is 19.5 Å². The zero-order valence-electron chi connectivity index (χ0n) is 16.3. The smallest absolute Gasteiger partial charge is 0.326 e. The van der Waals surface area contributed by atoms with Crippen LogP contribution in [0.5, 0.6) is 5.75 Å². The summed E-state index contributed by atoms with van der Waals surface area (Å²) in [5, 5.41) is 16.2. The Kier molecular flexibility index (Phi) is 5.31. The van der Waals surface area contributed by atoms with Crippen LogP contribution >= 0.6 is 11.6 Å². The van der Waals surface area contributed by atoms with Crippen molar-refractivity contribution in [3.05, 3.63) is 75.7 Å². The van der Waals surface area contributed by atoms with Crippen LogP contribution in [0.15, 0.2) is 59.7 Å². The number of carbonyl (C=O) groups is 2. The zero-order valence-corrected chi connectivity index (χ0v) is 17.1. The van der Waals surface area contributed by atoms with Gasteiger partial charge in [0.1, 0.15) is 16.8 Å². The van der Waals surface area contributed by atoms with Crippen molar-refractivity contribution in [2.24, 2.45) is 0 Å². The van der Waals surface area contributed by atoms with E-state index < -0.39 is 17.4 Å². The summed E-state index contributed by atoms with van der Waals surface area (Å²) >= 11 is 5.81. The molecule has 3 N–H and O–H groups in total. The molecule has 2 aromatic heterocycles. The number of anilines is 1. The van der Waals surface area contributed by atoms with Crippen molar-refractivity contribution < 1.29 is 14.7 Å². The molecule has 0 atom stereocenters. The van der Waals surface area contributed by atoms with Crippen molar-refractivity contribution in [1.29, 1.82) is 0 Å². The van der Waals surface area contributed by atoms with Crippen LogP contribution < -0.4 is 16.1 Å². The lowest BCUT2D eigenvalue weighted by molar-refractivity contribution is 0.0965. The standard InChI is InChI=1S/C22H17ClN4O4/c1-2-27-11-16(21(30)26-22(31)25-13-7-5-12(23)6-8-13)20(29)15-10-17(28)18-14(19(15)27)4-3-9-24-18/h3-11,28H,2H2,1H3,(H2,25,26,30,31). The Bertz CT molecular complexity index is 1400. The molecule has 0 fully saturated rings. The molecule has 0 spiro atoms. The van der Waals surface area contributed by atoms with E-state index in [-0.39, 0.29) is 16.7 Å². The number of aromatic hydroxyl groups is 1. The van der Waals surface area contributed by atoms with Gasteiger partial charge in [-0.05, 0) is 49.4 Å². The Hall–Kier alpha value is -3.91. The van der Waals surface area contributed by atoms with Crippen LogP contribution in [0.2, 0.25) is 5.02 Å². The van der Waals surface area contributed by atoms with E-state index in [0.717, 1.165) is 0 Å². The number of phenolic OH excluding ortho intramolecular Hbond substituents is 1. The van der Waals surface area contributed by atoms with Gasteiger partial charge in [0, 0.05) is 35.0 Å². The summed E-state index contributed by atoms with van der Waals surface area (Å²) in [7, 11) is 0. The number of nitrogens with one attached hydrogen (secondary N) is 2. The molecule has 0 bridgehead atoms. The van der Waals surface area contributed by atoms with E-state index >= 15 is 0 Å². The molecule has 0 unspecified atom stereocenters. The Morgan fingerprint density at radius 3 is 2.61 bits per heavy atom. The van der Waals surface area contributed by atoms with Gasteiger partial charge in [0.25, 0.3) is 5.91 Å². The molecule has 156 valence electrons. The van der Waals surface area contributed by atoms with E-state index in [4.69, 9.17) is 11.6 Å². The normalized spacial score (nSPS) is 10.9. The summed E-state index contributed by atoms with van der Waals surface area (Å²) in [6, 6.07) is 10.3. The summed E-state index contributed by atoms with van der Waals surface area (Å²) in [5.74, 6) is -1.02. The van der Waals surface area contributed by atoms with E-state index in [0.29, 0.717) is 33.7 Å². The molecular weight excluding hydrogens is 420 g/mol. The lowest BCUT2D eigenvalue weighted by atomic mass is 10.1. The van der Waals surface area contributed by atoms with Crippen LogP contribution in [0, 0.1) is 0 Å². The molecule has 4 aromatic rings. The van der Waals surface area contributed by atoms with Gasteiger partial charge in [-0.3, -0.25) is 19.9 Å². The maximum atomic E-state index is 13.1. The highest BCUT2D eigenvalue weighted by Crippen LogP contribution is 2.30. The van der Waals surface area contributed by atoms with Gasteiger partial charge in [-0.2, -0.15) is 0 Å². The van der Waals surface area contributed by atoms with Gasteiger partial charge in [-0.25, -0.2) is 4.79 Å². The molecule has 8 nitrogen and oxygen atoms in total. The lowest BCUT2D eigenvalue weighted by Gasteiger charge is -2.14. The summed E-state index contributed by atoms with van der Waals surface area (Å²) in [5.41, 5.74) is 0.524. The van der Waals surface area contributed by atoms with Crippen LogP contribution in [-0.2, 0) is 6.54 Å². The number of hydrogen-bond acceptors (Lipinski definition) is 5. The quantitative estimate of drug-likeness (QED) is 0.421. The van der Waals surface area contributed by atoms with Gasteiger partial charge in [0.15, 0.2) is 0 Å². The number of pyridine rings is 2. The third-order valence-electron chi connectivity index (χ3n) is 4.82. The number of aromatic nitrogens is 2. The van der Waals surface area contributed by atoms with Gasteiger partial charge >= 0.3 is 6.03 Å². The predicted molar refractivity (Wildman–Crippen MR) is 119 cm³/mol. The first-order valence-electron chi connectivity index (χ1n) is 9.40. The highest BCUT2D eigenvalue weighted by Gasteiger charge is 2.20. The topological polar surface area (TPSA) is 113 Å². The minimum atomic E-state index is -0.855. The van der Waals surface area contributed by atoms with Crippen molar-refractivity contribution in [2.75, 3.05) is 5.32 Å². The number of hydrogen-bond donors (Lipinski definition) is 3. The fraction of sp³-hybridized carbons (Fsp3) is 0.0909. The number of halogens is 1. The van der Waals surface area contributed by atoms with Gasteiger partial charge in [-0.15, -0.1) is 0 Å². The highest BCUT2D eigenvalue weighted by molar-refractivity contribution is 6.30. The number of benzene rings is 2. The molecule has 9 heteroatoms. The maximum Gasteiger partial charge on any atom is 0.326 e. The van der Waals surface area contributed by atoms with Gasteiger partial charge < -0.3 is 15.0 Å². The molecule has 0 radical (unpaired) electrons. The van der Waals surface area contributed by atoms with Crippen molar-refractivity contribution in [3.8, 4) is 5.75 Å². The van der Waals surface area contributed by atoms with Gasteiger partial charge in [0.2, 0.25) is 5.43 Å². The van der Waals surface area contributed by atoms with Crippen molar-refractivity contribution in [3.63, 3.8) is 0 Å². The zero-order chi connectivity index (χ0) is 22.1. The number of phenols is 1. The first-order chi connectivity index (χ1) is 14.9. The monoisotopic (exact) mass is 436 g/mol. The number of urea groups is 1. The van der Waals surface area contributed by atoms with Crippen LogP contribution in [0.4, 0.5) is 10.5 Å². The number of nitrogens with zero attached hydrogens (tertiary/aromatic N) is 2. The Balaban J connectivity index is 1.73. The third-order valence-corrected chi connectivity index (χ3v) is 5.07. The summed E-state index contributed by atoms with van der Waals surface area (Å²) in [6.07, 6.45) is 2.95. The molecule has 0 aliphatic heterocycles. The van der Waals surface area contributed by atoms with Crippen LogP contribution in [0.25, 0.3) is 21.8 Å². The number of aryl methyl sites for hydroxylation is 1. The first kappa shape index (κ1) is 20.4. The SMILES string of the molecule is CCn1cc(C(=O)NC(=O)Nc2ccc(Cl)cc2)c(=O)c2cc(O)c3ncccc3c21. The Morgan fingerprint density at radius 1 is 1.16 bits per heavy atom. The lowest BCUT2D eigenvalue weighted by Crippen LogP contribution is -2.37. The number of imide groups is 1. The number of amides is 3. The number of fused-ring (bicyclic) bond motifs is 3. The molecule has 3 amide bonds. The summed E-state index contributed by atoms with van der Waals surface area (Å²) in [6.45, 7) is 2.30. The Morgan fingerprint density at radius 2 is 1.90 bits per heavy atom. The van der Waals surface area contributed by atoms with Gasteiger partial charge in [0.05, 0.1) is 10.9 Å². The third kappa shape index (κ3) is 3.80. The van der Waals surface area contributed by atoms with Crippen LogP contribution in [0.1, 0.15) is 17.3 Å². The summed E-state index contributed by atoms with van der Waals surface area (Å²) < 4.78 is 1.71. The van der Waals surface area contributed by atoms with E-state index in [1.807, 2.05) is 6.92 Å². The molecule has 2 aromatic carbocycles. The molecule has 4 rings (SSSR count). The second-order valence-electron chi connectivity index (χ2n) is 6.76. The maximum absolute atomic E-state index is 13.1. The molecule has 0 aliphatic rings. The molecule has 0 saturated carbocycles. The summed E-state index contributed by atoms with van der Waals surface area (Å²) in [4.78, 5) is 42.1. The average molecular weight is 437 g/mol. The highest BCUT2D eigenvalue weighted by atomic mass is 35.5. The largest absolute Gasteiger partial charge is 0.506 e. The van der Waals surface area contributed by atoms with E-state index in [1.54, 1.807) is 47.2 Å². The van der Waals surface area contributed by atoms with Gasteiger partial charge in [-0.1, -0.05) is 11.6 Å². The molecule has 0 saturated heterocycles. The van der Waals surface area contributed by atoms with E-state index in [1.165, 1.54) is 12.3 Å². The predicted octanol–water partition coefficient (Wildman–Crippen LogP) is 3.89. The fourth-order valence-corrected chi connectivity index (χ4v) is 3.53. The molecular formula is C22H17ClN4O4. The first-order valence-corrected chi connectivity index (χ1v) is 9.78. The number of rotatable bonds is 3. The van der Waals surface area contributed by atoms with Crippen LogP contribution in [-0.4, -0.2) is 26.6 Å². The molecule has 2 heterocycles. The molecule has 31 heavy (non-hydrogen) atoms. The van der Waals surface area contributed by atoms with Crippen molar-refractivity contribution in [2.45, 2.75) is 13.5 Å². The Labute approximate surface area is 181 Å². The minimum Gasteiger partial charge on any atom is -0.506 e. The second-order valence-corrected chi connectivity index (χ2v) is 7.20. The second kappa shape index (κ2) is 8.08. The average Bonchev–Trinajstić information content (AvgIpc) is 2.76. The van der Waals surface area contributed by atoms with Crippen LogP contribution in [0.3, 0.4) is 0 Å². The minimum absolute atomic E-state index is 0.158. The number of carbonyl (C=O) groups excluding carboxylic acids is 2.